The number of halogens is 3. The van der Waals surface area contributed by atoms with Gasteiger partial charge in [-0.05, 0) is 28.2 Å². The molecule has 1 aliphatic carbocycles. The molecule has 0 aromatic heterocycles. The second kappa shape index (κ2) is 10.8. The van der Waals surface area contributed by atoms with Crippen molar-refractivity contribution in [1.29, 1.82) is 0 Å². The molecular formula is C25H27F3N2O5. The predicted octanol–water partition coefficient (Wildman–Crippen LogP) is 4.18. The van der Waals surface area contributed by atoms with Crippen LogP contribution in [-0.2, 0) is 14.3 Å². The van der Waals surface area contributed by atoms with Gasteiger partial charge in [-0.25, -0.2) is 4.79 Å². The summed E-state index contributed by atoms with van der Waals surface area (Å²) in [5.74, 6) is -6.93. The molecule has 0 bridgehead atoms. The SMILES string of the molecule is CC(C)C(CNC(=O)OCC1c2ccccc2-c2ccccc21)C(=O)NCC(C(=O)O)C(F)(F)F. The van der Waals surface area contributed by atoms with Crippen LogP contribution < -0.4 is 10.6 Å². The Morgan fingerprint density at radius 2 is 1.49 bits per heavy atom. The fourth-order valence-electron chi connectivity index (χ4n) is 4.15. The van der Waals surface area contributed by atoms with Crippen molar-refractivity contribution in [3.8, 4) is 11.1 Å². The first-order chi connectivity index (χ1) is 16.5. The van der Waals surface area contributed by atoms with Crippen LogP contribution in [0.5, 0.6) is 0 Å². The highest BCUT2D eigenvalue weighted by molar-refractivity contribution is 5.81. The molecule has 10 heteroatoms. The van der Waals surface area contributed by atoms with E-state index in [1.807, 2.05) is 53.8 Å². The van der Waals surface area contributed by atoms with Crippen molar-refractivity contribution >= 4 is 18.0 Å². The maximum Gasteiger partial charge on any atom is 0.407 e. The minimum Gasteiger partial charge on any atom is -0.481 e. The van der Waals surface area contributed by atoms with E-state index < -0.39 is 42.5 Å². The molecular weight excluding hydrogens is 465 g/mol. The van der Waals surface area contributed by atoms with Crippen LogP contribution in [0.15, 0.2) is 48.5 Å². The molecule has 0 spiro atoms. The smallest absolute Gasteiger partial charge is 0.407 e. The fourth-order valence-corrected chi connectivity index (χ4v) is 4.15. The van der Waals surface area contributed by atoms with Crippen molar-refractivity contribution in [1.82, 2.24) is 10.6 Å². The van der Waals surface area contributed by atoms with Gasteiger partial charge >= 0.3 is 18.2 Å². The van der Waals surface area contributed by atoms with E-state index in [0.29, 0.717) is 0 Å². The van der Waals surface area contributed by atoms with E-state index in [1.165, 1.54) is 0 Å². The zero-order valence-corrected chi connectivity index (χ0v) is 19.3. The Morgan fingerprint density at radius 1 is 0.943 bits per heavy atom. The van der Waals surface area contributed by atoms with Crippen LogP contribution in [0.1, 0.15) is 30.9 Å². The minimum absolute atomic E-state index is 0.0737. The zero-order chi connectivity index (χ0) is 25.8. The second-order valence-electron chi connectivity index (χ2n) is 8.73. The van der Waals surface area contributed by atoms with Gasteiger partial charge in [0.1, 0.15) is 6.61 Å². The Balaban J connectivity index is 1.56. The summed E-state index contributed by atoms with van der Waals surface area (Å²) in [6.07, 6.45) is -5.75. The predicted molar refractivity (Wildman–Crippen MR) is 122 cm³/mol. The summed E-state index contributed by atoms with van der Waals surface area (Å²) in [4.78, 5) is 35.7. The number of carboxylic acid groups (broad SMARTS) is 1. The third-order valence-corrected chi connectivity index (χ3v) is 6.13. The highest BCUT2D eigenvalue weighted by Crippen LogP contribution is 2.44. The van der Waals surface area contributed by atoms with Gasteiger partial charge in [0, 0.05) is 19.0 Å². The van der Waals surface area contributed by atoms with Crippen molar-refractivity contribution in [2.45, 2.75) is 25.9 Å². The molecule has 1 aliphatic rings. The van der Waals surface area contributed by atoms with E-state index in [-0.39, 0.29) is 25.0 Å². The molecule has 0 fully saturated rings. The number of carbonyl (C=O) groups is 3. The number of hydrogen-bond acceptors (Lipinski definition) is 4. The van der Waals surface area contributed by atoms with E-state index in [1.54, 1.807) is 13.8 Å². The molecule has 0 saturated heterocycles. The van der Waals surface area contributed by atoms with Crippen LogP contribution in [0.3, 0.4) is 0 Å². The van der Waals surface area contributed by atoms with Crippen LogP contribution in [0.4, 0.5) is 18.0 Å². The molecule has 2 aromatic carbocycles. The first kappa shape index (κ1) is 26.1. The van der Waals surface area contributed by atoms with Crippen LogP contribution in [0.25, 0.3) is 11.1 Å². The number of rotatable bonds is 9. The number of amides is 2. The number of hydrogen-bond donors (Lipinski definition) is 3. The summed E-state index contributed by atoms with van der Waals surface area (Å²) >= 11 is 0. The molecule has 35 heavy (non-hydrogen) atoms. The maximum absolute atomic E-state index is 12.8. The van der Waals surface area contributed by atoms with Gasteiger partial charge in [0.15, 0.2) is 5.92 Å². The molecule has 3 rings (SSSR count). The standard InChI is InChI=1S/C25H27F3N2O5/c1-14(2)19(22(31)29-12-21(23(32)33)25(26,27)28)11-30-24(34)35-13-20-17-9-5-3-7-15(17)16-8-4-6-10-18(16)20/h3-10,14,19-21H,11-13H2,1-2H3,(H,29,31)(H,30,34)(H,32,33). The van der Waals surface area contributed by atoms with Crippen LogP contribution >= 0.6 is 0 Å². The van der Waals surface area contributed by atoms with E-state index in [0.717, 1.165) is 22.3 Å². The molecule has 0 aliphatic heterocycles. The van der Waals surface area contributed by atoms with E-state index in [4.69, 9.17) is 9.84 Å². The molecule has 188 valence electrons. The molecule has 0 saturated carbocycles. The first-order valence-corrected chi connectivity index (χ1v) is 11.2. The molecule has 2 amide bonds. The molecule has 7 nitrogen and oxygen atoms in total. The van der Waals surface area contributed by atoms with Crippen molar-refractivity contribution in [2.24, 2.45) is 17.8 Å². The number of fused-ring (bicyclic) bond motifs is 3. The lowest BCUT2D eigenvalue weighted by Gasteiger charge is -2.23. The summed E-state index contributed by atoms with van der Waals surface area (Å²) in [6, 6.07) is 15.7. The van der Waals surface area contributed by atoms with Crippen LogP contribution in [-0.4, -0.2) is 48.9 Å². The summed E-state index contributed by atoms with van der Waals surface area (Å²) in [7, 11) is 0. The van der Waals surface area contributed by atoms with Gasteiger partial charge in [0.05, 0.1) is 5.92 Å². The Labute approximate surface area is 200 Å². The summed E-state index contributed by atoms with van der Waals surface area (Å²) in [6.45, 7) is 2.14. The average Bonchev–Trinajstić information content (AvgIpc) is 3.10. The molecule has 2 unspecified atom stereocenters. The van der Waals surface area contributed by atoms with Crippen molar-refractivity contribution in [2.75, 3.05) is 19.7 Å². The summed E-state index contributed by atoms with van der Waals surface area (Å²) in [5.41, 5.74) is 4.23. The van der Waals surface area contributed by atoms with Gasteiger partial charge in [-0.2, -0.15) is 13.2 Å². The van der Waals surface area contributed by atoms with E-state index in [2.05, 4.69) is 5.32 Å². The van der Waals surface area contributed by atoms with Gasteiger partial charge in [-0.15, -0.1) is 0 Å². The number of carbonyl (C=O) groups excluding carboxylic acids is 2. The minimum atomic E-state index is -4.99. The van der Waals surface area contributed by atoms with Crippen molar-refractivity contribution in [3.63, 3.8) is 0 Å². The van der Waals surface area contributed by atoms with Gasteiger partial charge < -0.3 is 20.5 Å². The zero-order valence-electron chi connectivity index (χ0n) is 19.3. The molecule has 2 atom stereocenters. The lowest BCUT2D eigenvalue weighted by Crippen LogP contribution is -2.46. The monoisotopic (exact) mass is 492 g/mol. The largest absolute Gasteiger partial charge is 0.481 e. The Hall–Kier alpha value is -3.56. The highest BCUT2D eigenvalue weighted by Gasteiger charge is 2.45. The lowest BCUT2D eigenvalue weighted by atomic mass is 9.94. The molecule has 3 N–H and O–H groups in total. The normalized spacial score (nSPS) is 14.6. The number of aliphatic carboxylic acids is 1. The first-order valence-electron chi connectivity index (χ1n) is 11.2. The number of carboxylic acids is 1. The lowest BCUT2D eigenvalue weighted by molar-refractivity contribution is -0.192. The van der Waals surface area contributed by atoms with Crippen molar-refractivity contribution in [3.05, 3.63) is 59.7 Å². The van der Waals surface area contributed by atoms with Gasteiger partial charge in [0.25, 0.3) is 0 Å². The highest BCUT2D eigenvalue weighted by atomic mass is 19.4. The fraction of sp³-hybridized carbons (Fsp3) is 0.400. The Morgan fingerprint density at radius 3 is 1.97 bits per heavy atom. The molecule has 2 aromatic rings. The van der Waals surface area contributed by atoms with E-state index in [9.17, 15) is 27.6 Å². The number of ether oxygens (including phenoxy) is 1. The molecule has 0 heterocycles. The number of benzene rings is 2. The maximum atomic E-state index is 12.8. The van der Waals surface area contributed by atoms with Crippen LogP contribution in [0, 0.1) is 17.8 Å². The van der Waals surface area contributed by atoms with Gasteiger partial charge in [0.2, 0.25) is 5.91 Å². The Bertz CT molecular complexity index is 1040. The van der Waals surface area contributed by atoms with Gasteiger partial charge in [-0.3, -0.25) is 9.59 Å². The third-order valence-electron chi connectivity index (χ3n) is 6.13. The average molecular weight is 492 g/mol. The quantitative estimate of drug-likeness (QED) is 0.487. The number of nitrogens with one attached hydrogen (secondary N) is 2. The summed E-state index contributed by atoms with van der Waals surface area (Å²) < 4.78 is 43.9. The van der Waals surface area contributed by atoms with E-state index >= 15 is 0 Å². The second-order valence-corrected chi connectivity index (χ2v) is 8.73. The third kappa shape index (κ3) is 6.12. The topological polar surface area (TPSA) is 105 Å². The Kier molecular flexibility index (Phi) is 8.03. The van der Waals surface area contributed by atoms with Crippen molar-refractivity contribution < 1.29 is 37.4 Å². The van der Waals surface area contributed by atoms with Gasteiger partial charge in [-0.1, -0.05) is 62.4 Å². The number of alkyl halides is 3. The molecule has 0 radical (unpaired) electrons. The van der Waals surface area contributed by atoms with Crippen LogP contribution in [0.2, 0.25) is 0 Å². The summed E-state index contributed by atoms with van der Waals surface area (Å²) in [5, 5.41) is 13.3. The number of alkyl carbamates (subject to hydrolysis) is 1.